The maximum Gasteiger partial charge on any atom is 0.244 e. The van der Waals surface area contributed by atoms with Gasteiger partial charge in [0.15, 0.2) is 17.3 Å². The number of aryl methyl sites for hydroxylation is 1. The molecule has 0 radical (unpaired) electrons. The van der Waals surface area contributed by atoms with Crippen molar-refractivity contribution in [3.05, 3.63) is 93.7 Å². The molecular weight excluding hydrogens is 453 g/mol. The van der Waals surface area contributed by atoms with Crippen molar-refractivity contribution in [2.45, 2.75) is 13.5 Å². The van der Waals surface area contributed by atoms with Crippen LogP contribution >= 0.6 is 0 Å². The quantitative estimate of drug-likeness (QED) is 0.409. The number of hydrogen-bond donors (Lipinski definition) is 1. The molecule has 2 heterocycles. The predicted octanol–water partition coefficient (Wildman–Crippen LogP) is 3.73. The third kappa shape index (κ3) is 4.89. The summed E-state index contributed by atoms with van der Waals surface area (Å²) < 4.78 is 25.2. The van der Waals surface area contributed by atoms with E-state index in [1.54, 1.807) is 37.3 Å². The summed E-state index contributed by atoms with van der Waals surface area (Å²) in [6.45, 7) is 1.54. The van der Waals surface area contributed by atoms with Crippen molar-refractivity contribution < 1.29 is 23.5 Å². The second kappa shape index (κ2) is 9.76. The third-order valence-electron chi connectivity index (χ3n) is 5.39. The number of pyridine rings is 2. The topological polar surface area (TPSA) is 99.5 Å². The molecule has 9 heteroatoms. The van der Waals surface area contributed by atoms with Gasteiger partial charge >= 0.3 is 0 Å². The molecule has 0 saturated carbocycles. The summed E-state index contributed by atoms with van der Waals surface area (Å²) in [5.74, 6) is -0.523. The van der Waals surface area contributed by atoms with Crippen LogP contribution in [0.25, 0.3) is 11.0 Å². The lowest BCUT2D eigenvalue weighted by Gasteiger charge is -2.14. The van der Waals surface area contributed by atoms with Crippen LogP contribution in [0.15, 0.2) is 65.6 Å². The number of hydrogen-bond acceptors (Lipinski definition) is 6. The smallest absolute Gasteiger partial charge is 0.244 e. The number of halogens is 1. The summed E-state index contributed by atoms with van der Waals surface area (Å²) in [6, 6.07) is 13.1. The number of aromatic nitrogens is 2. The van der Waals surface area contributed by atoms with Crippen LogP contribution in [-0.4, -0.2) is 35.5 Å². The van der Waals surface area contributed by atoms with E-state index in [0.29, 0.717) is 22.9 Å². The first kappa shape index (κ1) is 23.6. The van der Waals surface area contributed by atoms with Crippen LogP contribution in [-0.2, 0) is 11.3 Å². The second-order valence-corrected chi connectivity index (χ2v) is 7.78. The molecule has 2 aromatic carbocycles. The summed E-state index contributed by atoms with van der Waals surface area (Å²) >= 11 is 0. The molecule has 0 saturated heterocycles. The highest BCUT2D eigenvalue weighted by atomic mass is 19.1. The minimum Gasteiger partial charge on any atom is -0.493 e. The molecule has 4 aromatic rings. The van der Waals surface area contributed by atoms with Gasteiger partial charge in [-0.1, -0.05) is 0 Å². The zero-order valence-electron chi connectivity index (χ0n) is 19.3. The summed E-state index contributed by atoms with van der Waals surface area (Å²) in [5, 5.41) is 2.97. The van der Waals surface area contributed by atoms with Gasteiger partial charge in [-0.15, -0.1) is 0 Å². The maximum atomic E-state index is 13.3. The monoisotopic (exact) mass is 475 g/mol. The number of methoxy groups -OCH3 is 2. The van der Waals surface area contributed by atoms with E-state index in [1.165, 1.54) is 37.1 Å². The molecule has 0 spiro atoms. The molecule has 178 valence electrons. The van der Waals surface area contributed by atoms with E-state index in [9.17, 15) is 18.8 Å². The van der Waals surface area contributed by atoms with E-state index in [1.807, 2.05) is 0 Å². The standard InChI is InChI=1S/C26H22FN3O5/c1-15-4-10-19-25(33)20(24(32)16-5-7-17(27)8-6-16)13-30(26(19)28-15)14-23(31)29-18-9-11-21(34-2)22(12-18)35-3/h4-13H,14H2,1-3H3,(H,29,31). The van der Waals surface area contributed by atoms with Crippen LogP contribution in [0.2, 0.25) is 0 Å². The summed E-state index contributed by atoms with van der Waals surface area (Å²) in [6.07, 6.45) is 1.32. The summed E-state index contributed by atoms with van der Waals surface area (Å²) in [4.78, 5) is 43.5. The number of anilines is 1. The van der Waals surface area contributed by atoms with Crippen molar-refractivity contribution in [1.29, 1.82) is 0 Å². The Hall–Kier alpha value is -4.53. The molecule has 0 atom stereocenters. The first-order valence-electron chi connectivity index (χ1n) is 10.6. The number of carbonyl (C=O) groups is 2. The van der Waals surface area contributed by atoms with Gasteiger partial charge in [0.1, 0.15) is 18.0 Å². The van der Waals surface area contributed by atoms with E-state index in [4.69, 9.17) is 9.47 Å². The average molecular weight is 475 g/mol. The number of benzene rings is 2. The van der Waals surface area contributed by atoms with Crippen molar-refractivity contribution in [1.82, 2.24) is 9.55 Å². The van der Waals surface area contributed by atoms with E-state index in [-0.39, 0.29) is 28.7 Å². The predicted molar refractivity (Wildman–Crippen MR) is 129 cm³/mol. The van der Waals surface area contributed by atoms with Gasteiger partial charge in [-0.25, -0.2) is 9.37 Å². The van der Waals surface area contributed by atoms with Crippen LogP contribution in [0, 0.1) is 12.7 Å². The number of amides is 1. The molecular formula is C26H22FN3O5. The Morgan fingerprint density at radius 3 is 2.40 bits per heavy atom. The molecule has 0 aliphatic heterocycles. The Balaban J connectivity index is 1.72. The molecule has 0 fully saturated rings. The molecule has 1 amide bonds. The van der Waals surface area contributed by atoms with E-state index in [2.05, 4.69) is 10.3 Å². The number of ketones is 1. The number of nitrogens with zero attached hydrogens (tertiary/aromatic N) is 2. The minimum atomic E-state index is -0.577. The number of carbonyl (C=O) groups excluding carboxylic acids is 2. The van der Waals surface area contributed by atoms with Gasteiger partial charge < -0.3 is 19.4 Å². The number of nitrogens with one attached hydrogen (secondary N) is 1. The van der Waals surface area contributed by atoms with Gasteiger partial charge in [-0.05, 0) is 55.5 Å². The lowest BCUT2D eigenvalue weighted by Crippen LogP contribution is -2.25. The zero-order valence-corrected chi connectivity index (χ0v) is 19.3. The molecule has 0 bridgehead atoms. The highest BCUT2D eigenvalue weighted by molar-refractivity contribution is 6.10. The van der Waals surface area contributed by atoms with Crippen molar-refractivity contribution in [3.8, 4) is 11.5 Å². The van der Waals surface area contributed by atoms with Crippen molar-refractivity contribution in [3.63, 3.8) is 0 Å². The SMILES string of the molecule is COc1ccc(NC(=O)Cn2cc(C(=O)c3ccc(F)cc3)c(=O)c3ccc(C)nc32)cc1OC. The average Bonchev–Trinajstić information content (AvgIpc) is 2.85. The summed E-state index contributed by atoms with van der Waals surface area (Å²) in [5.41, 5.74) is 0.887. The molecule has 8 nitrogen and oxygen atoms in total. The fourth-order valence-corrected chi connectivity index (χ4v) is 3.67. The maximum absolute atomic E-state index is 13.3. The largest absolute Gasteiger partial charge is 0.493 e. The van der Waals surface area contributed by atoms with Gasteiger partial charge in [-0.2, -0.15) is 0 Å². The van der Waals surface area contributed by atoms with Gasteiger partial charge in [-0.3, -0.25) is 14.4 Å². The Bertz CT molecular complexity index is 1500. The first-order valence-corrected chi connectivity index (χ1v) is 10.6. The Morgan fingerprint density at radius 1 is 1.00 bits per heavy atom. The Morgan fingerprint density at radius 2 is 1.71 bits per heavy atom. The molecule has 2 aromatic heterocycles. The second-order valence-electron chi connectivity index (χ2n) is 7.78. The van der Waals surface area contributed by atoms with Crippen LogP contribution in [0.1, 0.15) is 21.6 Å². The van der Waals surface area contributed by atoms with Crippen molar-refractivity contribution in [2.24, 2.45) is 0 Å². The molecule has 0 aliphatic rings. The highest BCUT2D eigenvalue weighted by Gasteiger charge is 2.19. The van der Waals surface area contributed by atoms with Crippen LogP contribution in [0.4, 0.5) is 10.1 Å². The normalized spacial score (nSPS) is 10.7. The van der Waals surface area contributed by atoms with Crippen LogP contribution in [0.5, 0.6) is 11.5 Å². The molecule has 1 N–H and O–H groups in total. The van der Waals surface area contributed by atoms with Gasteiger partial charge in [0, 0.05) is 29.2 Å². The molecule has 35 heavy (non-hydrogen) atoms. The van der Waals surface area contributed by atoms with Crippen molar-refractivity contribution in [2.75, 3.05) is 19.5 Å². The number of ether oxygens (including phenoxy) is 2. The van der Waals surface area contributed by atoms with E-state index >= 15 is 0 Å². The van der Waals surface area contributed by atoms with Gasteiger partial charge in [0.05, 0.1) is 25.2 Å². The van der Waals surface area contributed by atoms with E-state index < -0.39 is 22.9 Å². The van der Waals surface area contributed by atoms with Crippen LogP contribution in [0.3, 0.4) is 0 Å². The minimum absolute atomic E-state index is 0.145. The Labute approximate surface area is 199 Å². The fourth-order valence-electron chi connectivity index (χ4n) is 3.67. The molecule has 0 aliphatic carbocycles. The number of rotatable bonds is 7. The lowest BCUT2D eigenvalue weighted by molar-refractivity contribution is -0.116. The van der Waals surface area contributed by atoms with Gasteiger partial charge in [0.2, 0.25) is 11.3 Å². The zero-order chi connectivity index (χ0) is 25.1. The third-order valence-corrected chi connectivity index (χ3v) is 5.39. The summed E-state index contributed by atoms with van der Waals surface area (Å²) in [7, 11) is 3.00. The van der Waals surface area contributed by atoms with E-state index in [0.717, 1.165) is 12.1 Å². The molecule has 4 rings (SSSR count). The molecule has 0 unspecified atom stereocenters. The highest BCUT2D eigenvalue weighted by Crippen LogP contribution is 2.29. The number of fused-ring (bicyclic) bond motifs is 1. The van der Waals surface area contributed by atoms with Gasteiger partial charge in [0.25, 0.3) is 0 Å². The first-order chi connectivity index (χ1) is 16.8. The van der Waals surface area contributed by atoms with Crippen molar-refractivity contribution >= 4 is 28.4 Å². The van der Waals surface area contributed by atoms with Crippen LogP contribution < -0.4 is 20.2 Å². The fraction of sp³-hybridized carbons (Fsp3) is 0.154. The lowest BCUT2D eigenvalue weighted by atomic mass is 10.0. The Kier molecular flexibility index (Phi) is 6.59.